The molecule has 0 atom stereocenters. The Morgan fingerprint density at radius 3 is 2.08 bits per heavy atom. The maximum absolute atomic E-state index is 12.4. The first-order valence-corrected chi connectivity index (χ1v) is 8.13. The third kappa shape index (κ3) is 4.82. The smallest absolute Gasteiger partial charge is 0.337 e. The molecular weight excluding hydrogens is 305 g/mol. The molecule has 0 bridgehead atoms. The average molecular weight is 329 g/mol. The molecule has 0 aliphatic heterocycles. The topological polar surface area (TPSA) is 63.3 Å². The van der Waals surface area contributed by atoms with E-state index in [0.717, 1.165) is 12.1 Å². The first-order valence-electron chi connectivity index (χ1n) is 8.13. The highest BCUT2D eigenvalue weighted by atomic mass is 19.1. The summed E-state index contributed by atoms with van der Waals surface area (Å²) in [5.41, 5.74) is 8.80. The van der Waals surface area contributed by atoms with Crippen molar-refractivity contribution in [3.63, 3.8) is 0 Å². The van der Waals surface area contributed by atoms with Crippen molar-refractivity contribution in [1.29, 1.82) is 0 Å². The summed E-state index contributed by atoms with van der Waals surface area (Å²) in [6.45, 7) is 4.78. The van der Waals surface area contributed by atoms with Crippen LogP contribution < -0.4 is 5.73 Å². The number of fused-ring (bicyclic) bond motifs is 1. The van der Waals surface area contributed by atoms with Crippen molar-refractivity contribution < 1.29 is 14.3 Å². The maximum atomic E-state index is 12.4. The zero-order valence-corrected chi connectivity index (χ0v) is 14.2. The summed E-state index contributed by atoms with van der Waals surface area (Å²) in [7, 11) is 0. The number of aryl methyl sites for hydroxylation is 2. The highest BCUT2D eigenvalue weighted by Gasteiger charge is 2.21. The van der Waals surface area contributed by atoms with Gasteiger partial charge >= 0.3 is 5.97 Å². The van der Waals surface area contributed by atoms with E-state index in [4.69, 9.17) is 10.8 Å². The SMILES string of the molecule is CC1(C)CCc2ccccc2CC1.Nc1ccc(F)cc1C(=O)O. The number of anilines is 1. The molecule has 0 saturated heterocycles. The fraction of sp³-hybridized carbons (Fsp3) is 0.350. The number of carboxylic acid groups (broad SMARTS) is 1. The van der Waals surface area contributed by atoms with E-state index in [2.05, 4.69) is 38.1 Å². The number of halogens is 1. The van der Waals surface area contributed by atoms with Crippen LogP contribution in [0.25, 0.3) is 0 Å². The summed E-state index contributed by atoms with van der Waals surface area (Å²) >= 11 is 0. The fourth-order valence-corrected chi connectivity index (χ4v) is 2.83. The molecule has 2 aromatic carbocycles. The van der Waals surface area contributed by atoms with Crippen LogP contribution in [-0.4, -0.2) is 11.1 Å². The molecule has 3 rings (SSSR count). The van der Waals surface area contributed by atoms with Gasteiger partial charge in [0, 0.05) is 5.69 Å². The normalized spacial score (nSPS) is 15.5. The molecule has 2 aromatic rings. The molecule has 0 unspecified atom stereocenters. The van der Waals surface area contributed by atoms with Crippen LogP contribution in [-0.2, 0) is 12.8 Å². The molecule has 3 N–H and O–H groups in total. The minimum Gasteiger partial charge on any atom is -0.478 e. The lowest BCUT2D eigenvalue weighted by atomic mass is 9.85. The molecule has 0 radical (unpaired) electrons. The van der Waals surface area contributed by atoms with E-state index in [1.165, 1.54) is 31.7 Å². The molecule has 24 heavy (non-hydrogen) atoms. The van der Waals surface area contributed by atoms with Gasteiger partial charge in [0.1, 0.15) is 5.82 Å². The minimum absolute atomic E-state index is 0.0684. The van der Waals surface area contributed by atoms with E-state index in [1.807, 2.05) is 0 Å². The largest absolute Gasteiger partial charge is 0.478 e. The first-order chi connectivity index (χ1) is 11.3. The van der Waals surface area contributed by atoms with Crippen LogP contribution >= 0.6 is 0 Å². The number of nitrogen functional groups attached to an aromatic ring is 1. The van der Waals surface area contributed by atoms with Gasteiger partial charge in [-0.1, -0.05) is 38.1 Å². The predicted molar refractivity (Wildman–Crippen MR) is 94.6 cm³/mol. The monoisotopic (exact) mass is 329 g/mol. The van der Waals surface area contributed by atoms with Crippen LogP contribution in [0.1, 0.15) is 48.2 Å². The maximum Gasteiger partial charge on any atom is 0.337 e. The second-order valence-corrected chi connectivity index (χ2v) is 6.97. The Kier molecular flexibility index (Phi) is 5.60. The van der Waals surface area contributed by atoms with E-state index in [0.29, 0.717) is 5.41 Å². The van der Waals surface area contributed by atoms with Gasteiger partial charge < -0.3 is 10.8 Å². The van der Waals surface area contributed by atoms with Gasteiger partial charge in [-0.25, -0.2) is 9.18 Å². The predicted octanol–water partition coefficient (Wildman–Crippen LogP) is 4.70. The van der Waals surface area contributed by atoms with E-state index in [9.17, 15) is 9.18 Å². The van der Waals surface area contributed by atoms with Gasteiger partial charge in [-0.2, -0.15) is 0 Å². The second-order valence-electron chi connectivity index (χ2n) is 6.97. The van der Waals surface area contributed by atoms with Gasteiger partial charge in [0.15, 0.2) is 0 Å². The van der Waals surface area contributed by atoms with Crippen LogP contribution in [0, 0.1) is 11.2 Å². The minimum atomic E-state index is -1.22. The number of carboxylic acids is 1. The first kappa shape index (κ1) is 18.0. The van der Waals surface area contributed by atoms with E-state index >= 15 is 0 Å². The average Bonchev–Trinajstić information content (AvgIpc) is 2.69. The Balaban J connectivity index is 0.000000177. The Hall–Kier alpha value is -2.36. The molecule has 1 aliphatic carbocycles. The molecule has 1 aliphatic rings. The Morgan fingerprint density at radius 2 is 1.62 bits per heavy atom. The van der Waals surface area contributed by atoms with Gasteiger partial charge in [0.05, 0.1) is 5.56 Å². The van der Waals surface area contributed by atoms with Crippen molar-refractivity contribution in [2.75, 3.05) is 5.73 Å². The number of nitrogens with two attached hydrogens (primary N) is 1. The highest BCUT2D eigenvalue weighted by molar-refractivity contribution is 5.93. The molecule has 0 fully saturated rings. The quantitative estimate of drug-likeness (QED) is 0.589. The van der Waals surface area contributed by atoms with Gasteiger partial charge in [0.2, 0.25) is 0 Å². The zero-order valence-electron chi connectivity index (χ0n) is 14.2. The molecule has 3 nitrogen and oxygen atoms in total. The van der Waals surface area contributed by atoms with Crippen LogP contribution in [0.2, 0.25) is 0 Å². The molecule has 0 heterocycles. The molecule has 128 valence electrons. The summed E-state index contributed by atoms with van der Waals surface area (Å²) in [4.78, 5) is 10.3. The number of aromatic carboxylic acids is 1. The van der Waals surface area contributed by atoms with Gasteiger partial charge in [-0.15, -0.1) is 0 Å². The Bertz CT molecular complexity index is 696. The summed E-state index contributed by atoms with van der Waals surface area (Å²) in [6.07, 6.45) is 5.21. The van der Waals surface area contributed by atoms with Gasteiger partial charge in [-0.05, 0) is 60.4 Å². The van der Waals surface area contributed by atoms with Crippen molar-refractivity contribution in [3.8, 4) is 0 Å². The van der Waals surface area contributed by atoms with Crippen molar-refractivity contribution in [2.45, 2.75) is 39.5 Å². The van der Waals surface area contributed by atoms with E-state index in [1.54, 1.807) is 11.1 Å². The standard InChI is InChI=1S/C13H18.C7H6FNO2/c1-13(2)9-7-11-5-3-4-6-12(11)8-10-13;8-4-1-2-6(9)5(3-4)7(10)11/h3-6H,7-10H2,1-2H3;1-3H,9H2,(H,10,11). The summed E-state index contributed by atoms with van der Waals surface area (Å²) < 4.78 is 12.4. The third-order valence-corrected chi connectivity index (χ3v) is 4.51. The highest BCUT2D eigenvalue weighted by Crippen LogP contribution is 2.33. The van der Waals surface area contributed by atoms with Gasteiger partial charge in [-0.3, -0.25) is 0 Å². The fourth-order valence-electron chi connectivity index (χ4n) is 2.83. The number of benzene rings is 2. The number of carbonyl (C=O) groups is 1. The second kappa shape index (κ2) is 7.47. The number of hydrogen-bond donors (Lipinski definition) is 2. The third-order valence-electron chi connectivity index (χ3n) is 4.51. The van der Waals surface area contributed by atoms with Gasteiger partial charge in [0.25, 0.3) is 0 Å². The molecule has 0 amide bonds. The Morgan fingerprint density at radius 1 is 1.08 bits per heavy atom. The summed E-state index contributed by atoms with van der Waals surface area (Å²) in [6, 6.07) is 12.1. The molecule has 0 saturated carbocycles. The lowest BCUT2D eigenvalue weighted by Gasteiger charge is -2.21. The molecular formula is C20H24FNO2. The zero-order chi connectivity index (χ0) is 17.7. The summed E-state index contributed by atoms with van der Waals surface area (Å²) in [5, 5.41) is 8.44. The lowest BCUT2D eigenvalue weighted by Crippen LogP contribution is -2.10. The van der Waals surface area contributed by atoms with Crippen LogP contribution in [0.3, 0.4) is 0 Å². The van der Waals surface area contributed by atoms with E-state index in [-0.39, 0.29) is 11.3 Å². The van der Waals surface area contributed by atoms with Crippen molar-refractivity contribution in [3.05, 3.63) is 65.0 Å². The number of hydrogen-bond acceptors (Lipinski definition) is 2. The molecule has 0 spiro atoms. The van der Waals surface area contributed by atoms with Crippen molar-refractivity contribution >= 4 is 11.7 Å². The number of rotatable bonds is 1. The molecule has 0 aromatic heterocycles. The Labute approximate surface area is 142 Å². The summed E-state index contributed by atoms with van der Waals surface area (Å²) in [5.74, 6) is -1.82. The van der Waals surface area contributed by atoms with Crippen LogP contribution in [0.5, 0.6) is 0 Å². The van der Waals surface area contributed by atoms with Crippen LogP contribution in [0.15, 0.2) is 42.5 Å². The van der Waals surface area contributed by atoms with Crippen LogP contribution in [0.4, 0.5) is 10.1 Å². The van der Waals surface area contributed by atoms with Crippen molar-refractivity contribution in [2.24, 2.45) is 5.41 Å². The molecule has 4 heteroatoms. The van der Waals surface area contributed by atoms with E-state index < -0.39 is 11.8 Å². The van der Waals surface area contributed by atoms with Crippen molar-refractivity contribution in [1.82, 2.24) is 0 Å². The lowest BCUT2D eigenvalue weighted by molar-refractivity contribution is 0.0697.